The summed E-state index contributed by atoms with van der Waals surface area (Å²) in [6.07, 6.45) is 0. The molecule has 196 valence electrons. The fraction of sp³-hybridized carbons (Fsp3) is 0. The Kier molecular flexibility index (Phi) is 5.82. The van der Waals surface area contributed by atoms with E-state index in [1.54, 1.807) is 0 Å². The van der Waals surface area contributed by atoms with Crippen molar-refractivity contribution in [3.05, 3.63) is 158 Å². The zero-order valence-corrected chi connectivity index (χ0v) is 22.9. The molecule has 0 fully saturated rings. The van der Waals surface area contributed by atoms with Crippen LogP contribution in [0.2, 0.25) is 0 Å². The molecule has 6 aromatic carbocycles. The summed E-state index contributed by atoms with van der Waals surface area (Å²) in [4.78, 5) is 10.2. The Morgan fingerprint density at radius 3 is 1.45 bits per heavy atom. The average molecular weight is 535 g/mol. The molecule has 2 heteroatoms. The fourth-order valence-electron chi connectivity index (χ4n) is 5.78. The number of rotatable bonds is 4. The first-order chi connectivity index (χ1) is 20.8. The van der Waals surface area contributed by atoms with E-state index in [9.17, 15) is 0 Å². The van der Waals surface area contributed by atoms with E-state index in [1.165, 1.54) is 21.5 Å². The van der Waals surface area contributed by atoms with Gasteiger partial charge in [0.15, 0.2) is 0 Å². The van der Waals surface area contributed by atoms with E-state index in [4.69, 9.17) is 9.97 Å². The van der Waals surface area contributed by atoms with Gasteiger partial charge in [-0.25, -0.2) is 9.97 Å². The number of nitrogens with zero attached hydrogens (tertiary/aromatic N) is 2. The van der Waals surface area contributed by atoms with Crippen molar-refractivity contribution >= 4 is 32.4 Å². The molecule has 8 aromatic rings. The predicted molar refractivity (Wildman–Crippen MR) is 176 cm³/mol. The van der Waals surface area contributed by atoms with Crippen LogP contribution >= 0.6 is 0 Å². The van der Waals surface area contributed by atoms with Gasteiger partial charge in [0, 0.05) is 22.1 Å². The van der Waals surface area contributed by atoms with Crippen LogP contribution < -0.4 is 0 Å². The Hall–Kier alpha value is -5.60. The van der Waals surface area contributed by atoms with E-state index in [1.807, 2.05) is 12.1 Å². The topological polar surface area (TPSA) is 25.8 Å². The third kappa shape index (κ3) is 4.49. The minimum absolute atomic E-state index is 0.954. The molecule has 0 saturated heterocycles. The zero-order chi connectivity index (χ0) is 27.9. The van der Waals surface area contributed by atoms with Gasteiger partial charge in [0.1, 0.15) is 0 Å². The van der Waals surface area contributed by atoms with E-state index in [2.05, 4.69) is 146 Å². The first-order valence-electron chi connectivity index (χ1n) is 14.2. The van der Waals surface area contributed by atoms with Crippen molar-refractivity contribution in [2.24, 2.45) is 0 Å². The summed E-state index contributed by atoms with van der Waals surface area (Å²) in [6, 6.07) is 55.7. The van der Waals surface area contributed by atoms with Crippen LogP contribution in [0.5, 0.6) is 0 Å². The summed E-state index contributed by atoms with van der Waals surface area (Å²) in [5.41, 5.74) is 9.43. The first kappa shape index (κ1) is 24.2. The van der Waals surface area contributed by atoms with E-state index in [0.717, 1.165) is 55.8 Å². The molecule has 8 rings (SSSR count). The van der Waals surface area contributed by atoms with Crippen molar-refractivity contribution in [1.29, 1.82) is 0 Å². The van der Waals surface area contributed by atoms with Crippen molar-refractivity contribution in [1.82, 2.24) is 9.97 Å². The van der Waals surface area contributed by atoms with E-state index < -0.39 is 0 Å². The fourth-order valence-corrected chi connectivity index (χ4v) is 5.78. The molecule has 0 N–H and O–H groups in total. The van der Waals surface area contributed by atoms with Gasteiger partial charge in [-0.15, -0.1) is 0 Å². The second kappa shape index (κ2) is 10.1. The van der Waals surface area contributed by atoms with Gasteiger partial charge in [0.2, 0.25) is 0 Å². The highest BCUT2D eigenvalue weighted by Crippen LogP contribution is 2.34. The first-order valence-corrected chi connectivity index (χ1v) is 14.2. The minimum Gasteiger partial charge on any atom is -0.248 e. The maximum absolute atomic E-state index is 5.22. The molecule has 0 atom stereocenters. The van der Waals surface area contributed by atoms with Crippen LogP contribution in [0.15, 0.2) is 158 Å². The molecule has 42 heavy (non-hydrogen) atoms. The van der Waals surface area contributed by atoms with Crippen LogP contribution in [0.1, 0.15) is 0 Å². The van der Waals surface area contributed by atoms with E-state index in [-0.39, 0.29) is 0 Å². The van der Waals surface area contributed by atoms with Crippen LogP contribution in [0.25, 0.3) is 77.3 Å². The standard InChI is InChI=1S/C40H26N2/c1-3-11-30-22-34(18-16-27(30)8-1)39-25-36(26-40(42-39)35-19-17-28-9-2-4-12-31(28)23-35)32-13-7-14-33(24-32)38-21-20-29-10-5-6-15-37(29)41-38/h1-26H. The van der Waals surface area contributed by atoms with Gasteiger partial charge in [-0.2, -0.15) is 0 Å². The number of fused-ring (bicyclic) bond motifs is 3. The van der Waals surface area contributed by atoms with Crippen molar-refractivity contribution in [3.8, 4) is 44.9 Å². The van der Waals surface area contributed by atoms with Gasteiger partial charge < -0.3 is 0 Å². The van der Waals surface area contributed by atoms with Crippen LogP contribution in [-0.2, 0) is 0 Å². The molecule has 2 nitrogen and oxygen atoms in total. The molecule has 2 heterocycles. The van der Waals surface area contributed by atoms with E-state index >= 15 is 0 Å². The van der Waals surface area contributed by atoms with Gasteiger partial charge in [-0.05, 0) is 75.1 Å². The summed E-state index contributed by atoms with van der Waals surface area (Å²) < 4.78 is 0. The van der Waals surface area contributed by atoms with Crippen molar-refractivity contribution in [2.45, 2.75) is 0 Å². The Balaban J connectivity index is 1.29. The molecule has 2 aromatic heterocycles. The molecule has 0 unspecified atom stereocenters. The Morgan fingerprint density at radius 2 is 0.786 bits per heavy atom. The third-order valence-corrected chi connectivity index (χ3v) is 8.01. The van der Waals surface area contributed by atoms with Gasteiger partial charge in [0.25, 0.3) is 0 Å². The predicted octanol–water partition coefficient (Wildman–Crippen LogP) is 10.6. The highest BCUT2D eigenvalue weighted by Gasteiger charge is 2.12. The number of aromatic nitrogens is 2. The molecular formula is C40H26N2. The Bertz CT molecular complexity index is 2170. The van der Waals surface area contributed by atoms with Gasteiger partial charge >= 0.3 is 0 Å². The maximum Gasteiger partial charge on any atom is 0.0715 e. The normalized spacial score (nSPS) is 11.3. The van der Waals surface area contributed by atoms with Crippen molar-refractivity contribution in [2.75, 3.05) is 0 Å². The van der Waals surface area contributed by atoms with Gasteiger partial charge in [-0.3, -0.25) is 0 Å². The largest absolute Gasteiger partial charge is 0.248 e. The summed E-state index contributed by atoms with van der Waals surface area (Å²) in [5, 5.41) is 6.01. The highest BCUT2D eigenvalue weighted by atomic mass is 14.7. The summed E-state index contributed by atoms with van der Waals surface area (Å²) in [5.74, 6) is 0. The third-order valence-electron chi connectivity index (χ3n) is 8.01. The van der Waals surface area contributed by atoms with Crippen LogP contribution in [0, 0.1) is 0 Å². The lowest BCUT2D eigenvalue weighted by Gasteiger charge is -2.12. The molecule has 0 bridgehead atoms. The van der Waals surface area contributed by atoms with Gasteiger partial charge in [-0.1, -0.05) is 115 Å². The van der Waals surface area contributed by atoms with Crippen LogP contribution in [-0.4, -0.2) is 9.97 Å². The number of benzene rings is 6. The van der Waals surface area contributed by atoms with Gasteiger partial charge in [0.05, 0.1) is 22.6 Å². The molecular weight excluding hydrogens is 508 g/mol. The minimum atomic E-state index is 0.954. The summed E-state index contributed by atoms with van der Waals surface area (Å²) in [7, 11) is 0. The molecule has 0 aliphatic rings. The average Bonchev–Trinajstić information content (AvgIpc) is 3.07. The zero-order valence-electron chi connectivity index (χ0n) is 22.9. The Labute approximate surface area is 244 Å². The smallest absolute Gasteiger partial charge is 0.0715 e. The molecule has 0 aliphatic carbocycles. The molecule has 0 spiro atoms. The summed E-state index contributed by atoms with van der Waals surface area (Å²) >= 11 is 0. The Morgan fingerprint density at radius 1 is 0.262 bits per heavy atom. The molecule has 0 aliphatic heterocycles. The lowest BCUT2D eigenvalue weighted by Crippen LogP contribution is -1.92. The molecule has 0 radical (unpaired) electrons. The monoisotopic (exact) mass is 534 g/mol. The highest BCUT2D eigenvalue weighted by molar-refractivity contribution is 5.90. The van der Waals surface area contributed by atoms with Crippen molar-refractivity contribution in [3.63, 3.8) is 0 Å². The second-order valence-corrected chi connectivity index (χ2v) is 10.7. The number of hydrogen-bond donors (Lipinski definition) is 0. The van der Waals surface area contributed by atoms with E-state index in [0.29, 0.717) is 0 Å². The lowest BCUT2D eigenvalue weighted by molar-refractivity contribution is 1.33. The number of hydrogen-bond acceptors (Lipinski definition) is 2. The number of para-hydroxylation sites is 1. The summed E-state index contributed by atoms with van der Waals surface area (Å²) in [6.45, 7) is 0. The van der Waals surface area contributed by atoms with Crippen molar-refractivity contribution < 1.29 is 0 Å². The maximum atomic E-state index is 5.22. The van der Waals surface area contributed by atoms with Crippen LogP contribution in [0.4, 0.5) is 0 Å². The van der Waals surface area contributed by atoms with Crippen LogP contribution in [0.3, 0.4) is 0 Å². The number of pyridine rings is 2. The molecule has 0 amide bonds. The lowest BCUT2D eigenvalue weighted by atomic mass is 9.96. The SMILES string of the molecule is c1cc(-c2cc(-c3ccc4ccccc4c3)nc(-c3ccc4ccccc4c3)c2)cc(-c2ccc3ccccc3n2)c1. The second-order valence-electron chi connectivity index (χ2n) is 10.7. The molecule has 0 saturated carbocycles. The quantitative estimate of drug-likeness (QED) is 0.224.